The Hall–Kier alpha value is -0.870. The molecule has 96 valence electrons. The van der Waals surface area contributed by atoms with Gasteiger partial charge < -0.3 is 5.32 Å². The second kappa shape index (κ2) is 6.17. The van der Waals surface area contributed by atoms with Gasteiger partial charge in [0, 0.05) is 12.8 Å². The summed E-state index contributed by atoms with van der Waals surface area (Å²) < 4.78 is 21.9. The molecule has 0 saturated heterocycles. The van der Waals surface area contributed by atoms with Crippen molar-refractivity contribution >= 4 is 9.84 Å². The molecule has 1 rings (SSSR count). The van der Waals surface area contributed by atoms with Gasteiger partial charge in [0.15, 0.2) is 0 Å². The summed E-state index contributed by atoms with van der Waals surface area (Å²) in [6.45, 7) is 5.71. The van der Waals surface area contributed by atoms with Gasteiger partial charge in [-0.3, -0.25) is 0 Å². The van der Waals surface area contributed by atoms with E-state index in [1.165, 1.54) is 22.9 Å². The Bertz CT molecular complexity index is 466. The van der Waals surface area contributed by atoms with Gasteiger partial charge in [-0.2, -0.15) is 0 Å². The van der Waals surface area contributed by atoms with Crippen LogP contribution in [0.15, 0.2) is 18.2 Å². The minimum Gasteiger partial charge on any atom is -0.313 e. The Labute approximate surface area is 104 Å². The van der Waals surface area contributed by atoms with Crippen molar-refractivity contribution in [1.29, 1.82) is 0 Å². The maximum atomic E-state index is 10.9. The smallest absolute Gasteiger partial charge is 0.147 e. The zero-order valence-corrected chi connectivity index (χ0v) is 11.6. The molecular weight excluding hydrogens is 234 g/mol. The van der Waals surface area contributed by atoms with Gasteiger partial charge >= 0.3 is 0 Å². The summed E-state index contributed by atoms with van der Waals surface area (Å²) in [4.78, 5) is 0. The predicted octanol–water partition coefficient (Wildman–Crippen LogP) is 1.83. The molecule has 0 spiro atoms. The van der Waals surface area contributed by atoms with Gasteiger partial charge in [0.2, 0.25) is 0 Å². The maximum absolute atomic E-state index is 10.9. The van der Waals surface area contributed by atoms with E-state index in [0.29, 0.717) is 6.42 Å². The summed E-state index contributed by atoms with van der Waals surface area (Å²) in [6, 6.07) is 6.38. The van der Waals surface area contributed by atoms with Crippen molar-refractivity contribution in [2.75, 3.05) is 18.6 Å². The van der Waals surface area contributed by atoms with E-state index in [-0.39, 0.29) is 5.75 Å². The Morgan fingerprint density at radius 2 is 1.94 bits per heavy atom. The summed E-state index contributed by atoms with van der Waals surface area (Å²) in [6.07, 6.45) is 1.95. The SMILES string of the molecule is Cc1ccc(C)c(CNCCCS(C)(=O)=O)c1. The van der Waals surface area contributed by atoms with Gasteiger partial charge in [0.05, 0.1) is 5.75 Å². The van der Waals surface area contributed by atoms with Crippen LogP contribution < -0.4 is 5.32 Å². The number of aryl methyl sites for hydroxylation is 2. The van der Waals surface area contributed by atoms with Crippen molar-refractivity contribution in [3.8, 4) is 0 Å². The molecule has 1 N–H and O–H groups in total. The Morgan fingerprint density at radius 1 is 1.24 bits per heavy atom. The van der Waals surface area contributed by atoms with Crippen LogP contribution in [0.1, 0.15) is 23.1 Å². The van der Waals surface area contributed by atoms with Gasteiger partial charge in [-0.05, 0) is 37.9 Å². The van der Waals surface area contributed by atoms with Gasteiger partial charge in [0.1, 0.15) is 9.84 Å². The first-order valence-electron chi connectivity index (χ1n) is 5.83. The van der Waals surface area contributed by atoms with Crippen LogP contribution >= 0.6 is 0 Å². The van der Waals surface area contributed by atoms with Crippen molar-refractivity contribution in [2.45, 2.75) is 26.8 Å². The second-order valence-electron chi connectivity index (χ2n) is 4.59. The van der Waals surface area contributed by atoms with Crippen molar-refractivity contribution in [1.82, 2.24) is 5.32 Å². The molecule has 0 aliphatic rings. The highest BCUT2D eigenvalue weighted by molar-refractivity contribution is 7.90. The molecule has 0 bridgehead atoms. The minimum absolute atomic E-state index is 0.257. The molecule has 1 aromatic rings. The first kappa shape index (κ1) is 14.2. The van der Waals surface area contributed by atoms with Crippen LogP contribution in [0.25, 0.3) is 0 Å². The molecule has 0 fully saturated rings. The van der Waals surface area contributed by atoms with E-state index < -0.39 is 9.84 Å². The average Bonchev–Trinajstić information content (AvgIpc) is 2.21. The Morgan fingerprint density at radius 3 is 2.59 bits per heavy atom. The number of nitrogens with one attached hydrogen (secondary N) is 1. The van der Waals surface area contributed by atoms with Gasteiger partial charge in [-0.1, -0.05) is 23.8 Å². The number of hydrogen-bond donors (Lipinski definition) is 1. The molecule has 0 aliphatic heterocycles. The fraction of sp³-hybridized carbons (Fsp3) is 0.538. The lowest BCUT2D eigenvalue weighted by Crippen LogP contribution is -2.18. The third kappa shape index (κ3) is 5.84. The van der Waals surface area contributed by atoms with Crippen LogP contribution in [0.3, 0.4) is 0 Å². The molecule has 17 heavy (non-hydrogen) atoms. The molecule has 0 atom stereocenters. The standard InChI is InChI=1S/C13H21NO2S/c1-11-5-6-12(2)13(9-11)10-14-7-4-8-17(3,15)16/h5-6,9,14H,4,7-8,10H2,1-3H3. The van der Waals surface area contributed by atoms with Gasteiger partial charge in [-0.25, -0.2) is 8.42 Å². The topological polar surface area (TPSA) is 46.2 Å². The number of sulfone groups is 1. The lowest BCUT2D eigenvalue weighted by atomic mass is 10.1. The minimum atomic E-state index is -2.82. The highest BCUT2D eigenvalue weighted by atomic mass is 32.2. The van der Waals surface area contributed by atoms with E-state index >= 15 is 0 Å². The third-order valence-corrected chi connectivity index (χ3v) is 3.72. The molecule has 0 aromatic heterocycles. The molecule has 3 nitrogen and oxygen atoms in total. The predicted molar refractivity (Wildman–Crippen MR) is 72.0 cm³/mol. The number of benzene rings is 1. The van der Waals surface area contributed by atoms with E-state index in [4.69, 9.17) is 0 Å². The van der Waals surface area contributed by atoms with Gasteiger partial charge in [-0.15, -0.1) is 0 Å². The van der Waals surface area contributed by atoms with Crippen LogP contribution in [0.4, 0.5) is 0 Å². The maximum Gasteiger partial charge on any atom is 0.147 e. The van der Waals surface area contributed by atoms with Crippen LogP contribution in [0, 0.1) is 13.8 Å². The van der Waals surface area contributed by atoms with E-state index in [2.05, 4.69) is 37.4 Å². The molecule has 0 radical (unpaired) electrons. The second-order valence-corrected chi connectivity index (χ2v) is 6.85. The first-order chi connectivity index (χ1) is 7.88. The lowest BCUT2D eigenvalue weighted by Gasteiger charge is -2.08. The summed E-state index contributed by atoms with van der Waals surface area (Å²) >= 11 is 0. The highest BCUT2D eigenvalue weighted by Gasteiger charge is 2.02. The summed E-state index contributed by atoms with van der Waals surface area (Å²) in [5, 5.41) is 3.28. The monoisotopic (exact) mass is 255 g/mol. The zero-order chi connectivity index (χ0) is 12.9. The third-order valence-electron chi connectivity index (χ3n) is 2.69. The quantitative estimate of drug-likeness (QED) is 0.789. The molecule has 0 heterocycles. The number of hydrogen-bond acceptors (Lipinski definition) is 3. The average molecular weight is 255 g/mol. The molecular formula is C13H21NO2S. The molecule has 0 aliphatic carbocycles. The fourth-order valence-electron chi connectivity index (χ4n) is 1.67. The lowest BCUT2D eigenvalue weighted by molar-refractivity contribution is 0.594. The summed E-state index contributed by atoms with van der Waals surface area (Å²) in [7, 11) is -2.82. The molecule has 0 unspecified atom stereocenters. The Kier molecular flexibility index (Phi) is 5.15. The summed E-state index contributed by atoms with van der Waals surface area (Å²) in [5.74, 6) is 0.257. The number of rotatable bonds is 6. The first-order valence-corrected chi connectivity index (χ1v) is 7.89. The van der Waals surface area contributed by atoms with Crippen LogP contribution in [0.2, 0.25) is 0 Å². The van der Waals surface area contributed by atoms with E-state index in [9.17, 15) is 8.42 Å². The van der Waals surface area contributed by atoms with Crippen molar-refractivity contribution in [2.24, 2.45) is 0 Å². The summed E-state index contributed by atoms with van der Waals surface area (Å²) in [5.41, 5.74) is 3.80. The normalized spacial score (nSPS) is 11.7. The molecule has 4 heteroatoms. The van der Waals surface area contributed by atoms with Crippen molar-refractivity contribution in [3.05, 3.63) is 34.9 Å². The van der Waals surface area contributed by atoms with Crippen molar-refractivity contribution < 1.29 is 8.42 Å². The largest absolute Gasteiger partial charge is 0.313 e. The highest BCUT2D eigenvalue weighted by Crippen LogP contribution is 2.10. The van der Waals surface area contributed by atoms with Crippen molar-refractivity contribution in [3.63, 3.8) is 0 Å². The van der Waals surface area contributed by atoms with E-state index in [0.717, 1.165) is 13.1 Å². The van der Waals surface area contributed by atoms with Gasteiger partial charge in [0.25, 0.3) is 0 Å². The zero-order valence-electron chi connectivity index (χ0n) is 10.8. The van der Waals surface area contributed by atoms with E-state index in [1.807, 2.05) is 0 Å². The molecule has 0 saturated carbocycles. The van der Waals surface area contributed by atoms with Crippen LogP contribution in [-0.4, -0.2) is 27.0 Å². The van der Waals surface area contributed by atoms with E-state index in [1.54, 1.807) is 0 Å². The Balaban J connectivity index is 2.34. The van der Waals surface area contributed by atoms with Crippen LogP contribution in [0.5, 0.6) is 0 Å². The molecule has 1 aromatic carbocycles. The molecule has 0 amide bonds. The van der Waals surface area contributed by atoms with Crippen LogP contribution in [-0.2, 0) is 16.4 Å². The fourth-order valence-corrected chi connectivity index (χ4v) is 2.34.